The number of hydrogen-bond donors (Lipinski definition) is 2. The van der Waals surface area contributed by atoms with E-state index >= 15 is 0 Å². The van der Waals surface area contributed by atoms with Gasteiger partial charge in [0.25, 0.3) is 5.91 Å². The average Bonchev–Trinajstić information content (AvgIpc) is 3.15. The van der Waals surface area contributed by atoms with E-state index in [9.17, 15) is 18.8 Å². The van der Waals surface area contributed by atoms with E-state index in [1.54, 1.807) is 48.5 Å². The number of anilines is 1. The van der Waals surface area contributed by atoms with Gasteiger partial charge in [0.15, 0.2) is 11.5 Å². The van der Waals surface area contributed by atoms with Crippen molar-refractivity contribution in [1.29, 1.82) is 0 Å². The largest absolute Gasteiger partial charge is 0.495 e. The number of urea groups is 1. The molecule has 1 aliphatic heterocycles. The lowest BCUT2D eigenvalue weighted by Gasteiger charge is -2.14. The Hall–Kier alpha value is -4.13. The summed E-state index contributed by atoms with van der Waals surface area (Å²) in [6.45, 7) is -0.348. The summed E-state index contributed by atoms with van der Waals surface area (Å²) in [4.78, 5) is 38.7. The van der Waals surface area contributed by atoms with E-state index in [-0.39, 0.29) is 18.1 Å². The molecule has 4 amide bonds. The van der Waals surface area contributed by atoms with Crippen LogP contribution >= 0.6 is 22.6 Å². The molecule has 1 saturated heterocycles. The highest BCUT2D eigenvalue weighted by molar-refractivity contribution is 14.1. The molecule has 9 nitrogen and oxygen atoms in total. The van der Waals surface area contributed by atoms with Gasteiger partial charge >= 0.3 is 6.03 Å². The predicted octanol–water partition coefficient (Wildman–Crippen LogP) is 4.56. The van der Waals surface area contributed by atoms with Gasteiger partial charge in [0.2, 0.25) is 5.91 Å². The molecule has 1 heterocycles. The molecule has 0 bridgehead atoms. The monoisotopic (exact) mass is 631 g/mol. The molecule has 0 spiro atoms. The molecule has 0 unspecified atom stereocenters. The second-order valence-electron chi connectivity index (χ2n) is 8.08. The maximum atomic E-state index is 13.5. The summed E-state index contributed by atoms with van der Waals surface area (Å²) in [5.41, 5.74) is 1.65. The Morgan fingerprint density at radius 2 is 1.82 bits per heavy atom. The van der Waals surface area contributed by atoms with Gasteiger partial charge in [-0.15, -0.1) is 0 Å². The predicted molar refractivity (Wildman–Crippen MR) is 146 cm³/mol. The molecule has 1 fully saturated rings. The van der Waals surface area contributed by atoms with Crippen LogP contribution in [0.15, 0.2) is 66.4 Å². The number of ether oxygens (including phenoxy) is 3. The molecule has 0 aromatic heterocycles. The van der Waals surface area contributed by atoms with Crippen LogP contribution in [-0.2, 0) is 16.2 Å². The number of methoxy groups -OCH3 is 2. The van der Waals surface area contributed by atoms with Crippen molar-refractivity contribution in [2.75, 3.05) is 26.1 Å². The normalized spacial score (nSPS) is 13.9. The van der Waals surface area contributed by atoms with Gasteiger partial charge in [0.1, 0.15) is 30.4 Å². The van der Waals surface area contributed by atoms with E-state index in [0.717, 1.165) is 4.90 Å². The number of amides is 4. The average molecular weight is 631 g/mol. The molecule has 38 heavy (non-hydrogen) atoms. The minimum Gasteiger partial charge on any atom is -0.495 e. The summed E-state index contributed by atoms with van der Waals surface area (Å²) in [7, 11) is 2.95. The summed E-state index contributed by atoms with van der Waals surface area (Å²) in [5, 5.41) is 5.14. The molecule has 196 valence electrons. The Morgan fingerprint density at radius 1 is 1.05 bits per heavy atom. The molecule has 4 rings (SSSR count). The number of halogens is 2. The standard InChI is InChI=1S/C27H23FIN3O6/c1-36-22-9-4-3-8-20(22)30-24(33)14-32-26(34)21(31-27(32)35)12-17-11-19(29)25(23(13-17)37-2)38-15-16-6-5-7-18(28)10-16/h3-13H,14-15H2,1-2H3,(H,30,33)(H,31,35)/b21-12+. The molecular weight excluding hydrogens is 608 g/mol. The molecule has 0 saturated carbocycles. The second-order valence-corrected chi connectivity index (χ2v) is 9.24. The van der Waals surface area contributed by atoms with Crippen molar-refractivity contribution in [3.05, 3.63) is 86.9 Å². The zero-order chi connectivity index (χ0) is 27.2. The summed E-state index contributed by atoms with van der Waals surface area (Å²) in [6, 6.07) is 15.6. The number of nitrogens with zero attached hydrogens (tertiary/aromatic N) is 1. The fourth-order valence-corrected chi connectivity index (χ4v) is 4.49. The molecule has 0 atom stereocenters. The molecule has 3 aromatic rings. The minimum absolute atomic E-state index is 0.00590. The highest BCUT2D eigenvalue weighted by Crippen LogP contribution is 2.35. The van der Waals surface area contributed by atoms with E-state index in [0.29, 0.717) is 37.6 Å². The Bertz CT molecular complexity index is 1430. The first-order chi connectivity index (χ1) is 18.3. The topological polar surface area (TPSA) is 106 Å². The first kappa shape index (κ1) is 26.9. The first-order valence-electron chi connectivity index (χ1n) is 11.3. The minimum atomic E-state index is -0.715. The third-order valence-electron chi connectivity index (χ3n) is 5.48. The Morgan fingerprint density at radius 3 is 2.55 bits per heavy atom. The van der Waals surface area contributed by atoms with Crippen LogP contribution in [0.3, 0.4) is 0 Å². The van der Waals surface area contributed by atoms with Crippen LogP contribution in [-0.4, -0.2) is 43.5 Å². The van der Waals surface area contributed by atoms with E-state index < -0.39 is 24.4 Å². The Kier molecular flexibility index (Phi) is 8.46. The molecule has 0 aliphatic carbocycles. The van der Waals surface area contributed by atoms with Gasteiger partial charge < -0.3 is 24.8 Å². The Balaban J connectivity index is 1.47. The zero-order valence-electron chi connectivity index (χ0n) is 20.4. The summed E-state index contributed by atoms with van der Waals surface area (Å²) in [5.74, 6) is -0.267. The van der Waals surface area contributed by atoms with Gasteiger partial charge in [-0.3, -0.25) is 9.59 Å². The number of carbonyl (C=O) groups excluding carboxylic acids is 3. The van der Waals surface area contributed by atoms with Crippen LogP contribution in [0.25, 0.3) is 6.08 Å². The third-order valence-corrected chi connectivity index (χ3v) is 6.28. The lowest BCUT2D eigenvalue weighted by Crippen LogP contribution is -2.38. The lowest BCUT2D eigenvalue weighted by molar-refractivity contribution is -0.127. The number of carbonyl (C=O) groups is 3. The van der Waals surface area contributed by atoms with E-state index in [1.165, 1.54) is 32.4 Å². The SMILES string of the molecule is COc1ccccc1NC(=O)CN1C(=O)N/C(=C/c2cc(I)c(OCc3cccc(F)c3)c(OC)c2)C1=O. The number of nitrogens with one attached hydrogen (secondary N) is 2. The van der Waals surface area contributed by atoms with Gasteiger partial charge in [-0.05, 0) is 76.2 Å². The smallest absolute Gasteiger partial charge is 0.329 e. The van der Waals surface area contributed by atoms with Crippen molar-refractivity contribution in [3.8, 4) is 17.2 Å². The molecular formula is C27H23FIN3O6. The number of imide groups is 1. The van der Waals surface area contributed by atoms with Gasteiger partial charge in [-0.25, -0.2) is 14.1 Å². The highest BCUT2D eigenvalue weighted by atomic mass is 127. The Labute approximate surface area is 231 Å². The quantitative estimate of drug-likeness (QED) is 0.204. The third kappa shape index (κ3) is 6.22. The van der Waals surface area contributed by atoms with Crippen LogP contribution < -0.4 is 24.8 Å². The number of para-hydroxylation sites is 2. The van der Waals surface area contributed by atoms with Crippen LogP contribution in [0.5, 0.6) is 17.2 Å². The van der Waals surface area contributed by atoms with Crippen molar-refractivity contribution in [3.63, 3.8) is 0 Å². The fourth-order valence-electron chi connectivity index (χ4n) is 3.71. The molecule has 1 aliphatic rings. The van der Waals surface area contributed by atoms with E-state index in [1.807, 2.05) is 0 Å². The van der Waals surface area contributed by atoms with Crippen molar-refractivity contribution in [2.45, 2.75) is 6.61 Å². The van der Waals surface area contributed by atoms with E-state index in [4.69, 9.17) is 14.2 Å². The van der Waals surface area contributed by atoms with Gasteiger partial charge in [-0.2, -0.15) is 0 Å². The maximum Gasteiger partial charge on any atom is 0.329 e. The molecule has 11 heteroatoms. The van der Waals surface area contributed by atoms with E-state index in [2.05, 4.69) is 33.2 Å². The number of hydrogen-bond acceptors (Lipinski definition) is 6. The summed E-state index contributed by atoms with van der Waals surface area (Å²) >= 11 is 2.06. The van der Waals surface area contributed by atoms with Crippen molar-refractivity contribution in [2.24, 2.45) is 0 Å². The second kappa shape index (κ2) is 11.9. The molecule has 0 radical (unpaired) electrons. The number of rotatable bonds is 9. The van der Waals surface area contributed by atoms with Crippen LogP contribution in [0.2, 0.25) is 0 Å². The van der Waals surface area contributed by atoms with Crippen LogP contribution in [0.1, 0.15) is 11.1 Å². The van der Waals surface area contributed by atoms with Crippen LogP contribution in [0.4, 0.5) is 14.9 Å². The van der Waals surface area contributed by atoms with Gasteiger partial charge in [-0.1, -0.05) is 24.3 Å². The van der Waals surface area contributed by atoms with Crippen molar-refractivity contribution >= 4 is 52.2 Å². The summed E-state index contributed by atoms with van der Waals surface area (Å²) in [6.07, 6.45) is 1.49. The van der Waals surface area contributed by atoms with Crippen LogP contribution in [0, 0.1) is 9.39 Å². The lowest BCUT2D eigenvalue weighted by atomic mass is 10.1. The first-order valence-corrected chi connectivity index (χ1v) is 12.4. The number of benzene rings is 3. The molecule has 2 N–H and O–H groups in total. The fraction of sp³-hybridized carbons (Fsp3) is 0.148. The van der Waals surface area contributed by atoms with Crippen molar-refractivity contribution < 1.29 is 33.0 Å². The zero-order valence-corrected chi connectivity index (χ0v) is 22.6. The highest BCUT2D eigenvalue weighted by Gasteiger charge is 2.35. The van der Waals surface area contributed by atoms with Gasteiger partial charge in [0.05, 0.1) is 23.5 Å². The van der Waals surface area contributed by atoms with Gasteiger partial charge in [0, 0.05) is 0 Å². The van der Waals surface area contributed by atoms with Crippen molar-refractivity contribution in [1.82, 2.24) is 10.2 Å². The maximum absolute atomic E-state index is 13.5. The molecule has 3 aromatic carbocycles. The summed E-state index contributed by atoms with van der Waals surface area (Å²) < 4.78 is 30.7.